The highest BCUT2D eigenvalue weighted by molar-refractivity contribution is 5.86. The van der Waals surface area contributed by atoms with Crippen molar-refractivity contribution in [2.45, 2.75) is 32.9 Å². The maximum Gasteiger partial charge on any atom is 0.0348 e. The summed E-state index contributed by atoms with van der Waals surface area (Å²) in [6.07, 6.45) is 0. The van der Waals surface area contributed by atoms with Gasteiger partial charge in [-0.25, -0.2) is 0 Å². The van der Waals surface area contributed by atoms with Crippen LogP contribution in [0.15, 0.2) is 84.9 Å². The van der Waals surface area contributed by atoms with Crippen LogP contribution in [0.25, 0.3) is 21.5 Å². The number of benzene rings is 4. The molecule has 0 heterocycles. The second-order valence-electron chi connectivity index (χ2n) is 7.79. The third kappa shape index (κ3) is 3.61. The van der Waals surface area contributed by atoms with E-state index in [0.717, 1.165) is 0 Å². The molecule has 2 atom stereocenters. The molecule has 0 aliphatic rings. The van der Waals surface area contributed by atoms with E-state index in [1.165, 1.54) is 32.7 Å². The Morgan fingerprint density at radius 2 is 1.30 bits per heavy atom. The fraction of sp³-hybridized carbons (Fsp3) is 0.231. The molecule has 1 heteroatoms. The second-order valence-corrected chi connectivity index (χ2v) is 7.79. The Bertz CT molecular complexity index is 1060. The minimum atomic E-state index is 0.273. The van der Waals surface area contributed by atoms with Crippen LogP contribution in [0.5, 0.6) is 0 Å². The fourth-order valence-corrected chi connectivity index (χ4v) is 4.06. The van der Waals surface area contributed by atoms with Gasteiger partial charge in [0.25, 0.3) is 0 Å². The van der Waals surface area contributed by atoms with Gasteiger partial charge in [-0.15, -0.1) is 0 Å². The summed E-state index contributed by atoms with van der Waals surface area (Å²) < 4.78 is 0. The van der Waals surface area contributed by atoms with E-state index in [4.69, 9.17) is 0 Å². The third-order valence-corrected chi connectivity index (χ3v) is 5.52. The summed E-state index contributed by atoms with van der Waals surface area (Å²) in [5.74, 6) is 0.503. The van der Waals surface area contributed by atoms with Gasteiger partial charge in [0, 0.05) is 12.1 Å². The first-order valence-corrected chi connectivity index (χ1v) is 9.86. The van der Waals surface area contributed by atoms with Gasteiger partial charge >= 0.3 is 0 Å². The Morgan fingerprint density at radius 3 is 2.07 bits per heavy atom. The van der Waals surface area contributed by atoms with Gasteiger partial charge in [0.05, 0.1) is 0 Å². The van der Waals surface area contributed by atoms with Gasteiger partial charge in [-0.3, -0.25) is 0 Å². The van der Waals surface area contributed by atoms with Gasteiger partial charge < -0.3 is 5.32 Å². The van der Waals surface area contributed by atoms with Gasteiger partial charge in [-0.05, 0) is 51.6 Å². The molecule has 0 fully saturated rings. The van der Waals surface area contributed by atoms with E-state index >= 15 is 0 Å². The van der Waals surface area contributed by atoms with Crippen molar-refractivity contribution < 1.29 is 0 Å². The molecule has 1 nitrogen and oxygen atoms in total. The summed E-state index contributed by atoms with van der Waals surface area (Å²) in [6, 6.07) is 31.3. The molecule has 0 aliphatic carbocycles. The fourth-order valence-electron chi connectivity index (χ4n) is 4.06. The van der Waals surface area contributed by atoms with Crippen molar-refractivity contribution >= 4 is 21.5 Å². The molecule has 0 saturated carbocycles. The van der Waals surface area contributed by atoms with Crippen molar-refractivity contribution in [1.82, 2.24) is 5.32 Å². The SMILES string of the molecule is CC(C)[C@@H](N[C@H](C)c1cccc2ccccc12)c1ccc2ccccc2c1. The number of hydrogen-bond acceptors (Lipinski definition) is 1. The Hall–Kier alpha value is -2.64. The van der Waals surface area contributed by atoms with Crippen LogP contribution >= 0.6 is 0 Å². The first kappa shape index (κ1) is 17.8. The predicted molar refractivity (Wildman–Crippen MR) is 117 cm³/mol. The Kier molecular flexibility index (Phi) is 4.96. The van der Waals surface area contributed by atoms with E-state index in [1.54, 1.807) is 0 Å². The molecule has 136 valence electrons. The van der Waals surface area contributed by atoms with Crippen molar-refractivity contribution in [3.63, 3.8) is 0 Å². The zero-order valence-corrected chi connectivity index (χ0v) is 16.3. The van der Waals surface area contributed by atoms with E-state index in [1.807, 2.05) is 0 Å². The monoisotopic (exact) mass is 353 g/mol. The maximum absolute atomic E-state index is 3.91. The van der Waals surface area contributed by atoms with Crippen LogP contribution in [0.4, 0.5) is 0 Å². The van der Waals surface area contributed by atoms with Crippen molar-refractivity contribution in [2.24, 2.45) is 5.92 Å². The highest BCUT2D eigenvalue weighted by atomic mass is 15.0. The Labute approximate surface area is 162 Å². The standard InChI is InChI=1S/C26H27N/c1-18(2)26(23-16-15-20-9-4-5-11-22(20)17-23)27-19(3)24-14-8-12-21-10-6-7-13-25(21)24/h4-19,26-27H,1-3H3/t19-,26-/m1/s1. The summed E-state index contributed by atoms with van der Waals surface area (Å²) >= 11 is 0. The summed E-state index contributed by atoms with van der Waals surface area (Å²) in [6.45, 7) is 6.86. The first-order valence-electron chi connectivity index (χ1n) is 9.86. The van der Waals surface area contributed by atoms with Crippen LogP contribution < -0.4 is 5.32 Å². The van der Waals surface area contributed by atoms with Crippen LogP contribution in [0.3, 0.4) is 0 Å². The van der Waals surface area contributed by atoms with Crippen molar-refractivity contribution in [2.75, 3.05) is 0 Å². The molecule has 0 unspecified atom stereocenters. The number of rotatable bonds is 5. The normalized spacial score (nSPS) is 13.9. The highest BCUT2D eigenvalue weighted by Crippen LogP contribution is 2.30. The van der Waals surface area contributed by atoms with E-state index in [-0.39, 0.29) is 6.04 Å². The second kappa shape index (κ2) is 7.54. The van der Waals surface area contributed by atoms with Crippen LogP contribution in [-0.2, 0) is 0 Å². The summed E-state index contributed by atoms with van der Waals surface area (Å²) in [4.78, 5) is 0. The quantitative estimate of drug-likeness (QED) is 0.406. The summed E-state index contributed by atoms with van der Waals surface area (Å²) in [7, 11) is 0. The topological polar surface area (TPSA) is 12.0 Å². The van der Waals surface area contributed by atoms with E-state index < -0.39 is 0 Å². The average molecular weight is 354 g/mol. The molecule has 0 aromatic heterocycles. The molecule has 0 bridgehead atoms. The summed E-state index contributed by atoms with van der Waals surface area (Å²) in [5, 5.41) is 9.14. The molecule has 0 amide bonds. The largest absolute Gasteiger partial charge is 0.303 e. The first-order chi connectivity index (χ1) is 13.1. The lowest BCUT2D eigenvalue weighted by Crippen LogP contribution is -2.28. The minimum absolute atomic E-state index is 0.273. The average Bonchev–Trinajstić information content (AvgIpc) is 2.70. The van der Waals surface area contributed by atoms with Crippen LogP contribution in [0, 0.1) is 5.92 Å². The summed E-state index contributed by atoms with van der Waals surface area (Å²) in [5.41, 5.74) is 2.72. The van der Waals surface area contributed by atoms with Gasteiger partial charge in [0.2, 0.25) is 0 Å². The van der Waals surface area contributed by atoms with Gasteiger partial charge in [-0.1, -0.05) is 92.7 Å². The molecule has 0 radical (unpaired) electrons. The van der Waals surface area contributed by atoms with Gasteiger partial charge in [0.1, 0.15) is 0 Å². The van der Waals surface area contributed by atoms with E-state index in [2.05, 4.69) is 111 Å². The van der Waals surface area contributed by atoms with Crippen LogP contribution in [-0.4, -0.2) is 0 Å². The smallest absolute Gasteiger partial charge is 0.0348 e. The number of nitrogens with one attached hydrogen (secondary N) is 1. The third-order valence-electron chi connectivity index (χ3n) is 5.52. The number of hydrogen-bond donors (Lipinski definition) is 1. The Morgan fingerprint density at radius 1 is 0.630 bits per heavy atom. The molecule has 0 aliphatic heterocycles. The lowest BCUT2D eigenvalue weighted by Gasteiger charge is -2.28. The van der Waals surface area contributed by atoms with Crippen molar-refractivity contribution in [3.05, 3.63) is 96.1 Å². The molecule has 4 rings (SSSR count). The lowest BCUT2D eigenvalue weighted by atomic mass is 9.92. The molecule has 27 heavy (non-hydrogen) atoms. The van der Waals surface area contributed by atoms with Crippen molar-refractivity contribution in [1.29, 1.82) is 0 Å². The zero-order valence-electron chi connectivity index (χ0n) is 16.3. The minimum Gasteiger partial charge on any atom is -0.303 e. The molecule has 0 saturated heterocycles. The highest BCUT2D eigenvalue weighted by Gasteiger charge is 2.20. The number of fused-ring (bicyclic) bond motifs is 2. The molecule has 1 N–H and O–H groups in total. The van der Waals surface area contributed by atoms with Crippen LogP contribution in [0.2, 0.25) is 0 Å². The molecular formula is C26H27N. The van der Waals surface area contributed by atoms with E-state index in [9.17, 15) is 0 Å². The van der Waals surface area contributed by atoms with E-state index in [0.29, 0.717) is 12.0 Å². The van der Waals surface area contributed by atoms with Gasteiger partial charge in [0.15, 0.2) is 0 Å². The lowest BCUT2D eigenvalue weighted by molar-refractivity contribution is 0.375. The molecule has 0 spiro atoms. The molecule has 4 aromatic rings. The Balaban J connectivity index is 1.68. The zero-order chi connectivity index (χ0) is 18.8. The van der Waals surface area contributed by atoms with Crippen molar-refractivity contribution in [3.8, 4) is 0 Å². The molecule has 4 aromatic carbocycles. The maximum atomic E-state index is 3.91. The van der Waals surface area contributed by atoms with Crippen LogP contribution in [0.1, 0.15) is 44.0 Å². The van der Waals surface area contributed by atoms with Gasteiger partial charge in [-0.2, -0.15) is 0 Å². The molecular weight excluding hydrogens is 326 g/mol. The predicted octanol–water partition coefficient (Wildman–Crippen LogP) is 7.04.